The largest absolute Gasteiger partial charge is 0.366 e. The maximum absolute atomic E-state index is 11.0. The number of benzene rings is 1. The fraction of sp³-hybridized carbons (Fsp3) is 0.0769. The van der Waals surface area contributed by atoms with Gasteiger partial charge in [0.1, 0.15) is 0 Å². The van der Waals surface area contributed by atoms with E-state index in [9.17, 15) is 4.79 Å². The number of primary amides is 1. The van der Waals surface area contributed by atoms with E-state index in [2.05, 4.69) is 15.4 Å². The Kier molecular flexibility index (Phi) is 3.26. The van der Waals surface area contributed by atoms with Crippen LogP contribution in [0.15, 0.2) is 41.8 Å². The molecule has 0 aliphatic heterocycles. The Balaban J connectivity index is 1.76. The first kappa shape index (κ1) is 12.5. The molecule has 0 saturated heterocycles. The number of nitrogens with zero attached hydrogens (tertiary/aromatic N) is 4. The molecular formula is C13H11N5OS. The minimum Gasteiger partial charge on any atom is -0.366 e. The topological polar surface area (TPSA) is 86.7 Å². The maximum Gasteiger partial charge on any atom is 0.248 e. The van der Waals surface area contributed by atoms with Gasteiger partial charge in [0.05, 0.1) is 11.4 Å². The zero-order valence-corrected chi connectivity index (χ0v) is 11.2. The van der Waals surface area contributed by atoms with Crippen LogP contribution in [0.1, 0.15) is 15.9 Å². The number of carbonyl (C=O) groups is 1. The average Bonchev–Trinajstić information content (AvgIpc) is 3.09. The highest BCUT2D eigenvalue weighted by Gasteiger charge is 2.07. The SMILES string of the molecule is NC(=O)c1ccc(Cn2nnc(-c3cccs3)n2)cc1. The Labute approximate surface area is 118 Å². The highest BCUT2D eigenvalue weighted by atomic mass is 32.1. The standard InChI is InChI=1S/C13H11N5OS/c14-12(19)10-5-3-9(4-6-10)8-18-16-13(15-17-18)11-2-1-7-20-11/h1-7H,8H2,(H2,14,19). The van der Waals surface area contributed by atoms with Crippen molar-refractivity contribution >= 4 is 17.2 Å². The Hall–Kier alpha value is -2.54. The van der Waals surface area contributed by atoms with Crippen LogP contribution < -0.4 is 5.73 Å². The van der Waals surface area contributed by atoms with Gasteiger partial charge < -0.3 is 5.73 Å². The molecule has 6 nitrogen and oxygen atoms in total. The number of aromatic nitrogens is 4. The molecule has 0 radical (unpaired) electrons. The van der Waals surface area contributed by atoms with Gasteiger partial charge in [0, 0.05) is 5.56 Å². The highest BCUT2D eigenvalue weighted by molar-refractivity contribution is 7.13. The summed E-state index contributed by atoms with van der Waals surface area (Å²) >= 11 is 1.57. The molecule has 1 aromatic carbocycles. The summed E-state index contributed by atoms with van der Waals surface area (Å²) in [6.07, 6.45) is 0. The molecule has 100 valence electrons. The van der Waals surface area contributed by atoms with Gasteiger partial charge in [-0.3, -0.25) is 4.79 Å². The highest BCUT2D eigenvalue weighted by Crippen LogP contribution is 2.19. The Morgan fingerprint density at radius 1 is 1.25 bits per heavy atom. The van der Waals surface area contributed by atoms with Gasteiger partial charge in [0.2, 0.25) is 11.7 Å². The number of hydrogen-bond acceptors (Lipinski definition) is 5. The molecule has 1 amide bonds. The van der Waals surface area contributed by atoms with Gasteiger partial charge in [-0.2, -0.15) is 4.80 Å². The summed E-state index contributed by atoms with van der Waals surface area (Å²) < 4.78 is 0. The minimum atomic E-state index is -0.435. The molecule has 7 heteroatoms. The van der Waals surface area contributed by atoms with Gasteiger partial charge >= 0.3 is 0 Å². The van der Waals surface area contributed by atoms with Gasteiger partial charge in [0.25, 0.3) is 0 Å². The second kappa shape index (κ2) is 5.22. The van der Waals surface area contributed by atoms with Crippen LogP contribution in [-0.2, 0) is 6.54 Å². The Morgan fingerprint density at radius 2 is 2.05 bits per heavy atom. The van der Waals surface area contributed by atoms with Crippen molar-refractivity contribution in [3.05, 3.63) is 52.9 Å². The first-order valence-corrected chi connectivity index (χ1v) is 6.81. The van der Waals surface area contributed by atoms with Crippen molar-refractivity contribution in [2.45, 2.75) is 6.54 Å². The molecule has 0 fully saturated rings. The van der Waals surface area contributed by atoms with Crippen LogP contribution in [0.5, 0.6) is 0 Å². The molecule has 0 saturated carbocycles. The second-order valence-corrected chi connectivity index (χ2v) is 5.13. The summed E-state index contributed by atoms with van der Waals surface area (Å²) in [6, 6.07) is 10.9. The first-order chi connectivity index (χ1) is 9.72. The smallest absolute Gasteiger partial charge is 0.248 e. The summed E-state index contributed by atoms with van der Waals surface area (Å²) in [4.78, 5) is 13.5. The van der Waals surface area contributed by atoms with Crippen LogP contribution in [-0.4, -0.2) is 26.1 Å². The lowest BCUT2D eigenvalue weighted by Crippen LogP contribution is -2.11. The predicted molar refractivity (Wildman–Crippen MR) is 75.2 cm³/mol. The molecule has 0 aliphatic carbocycles. The van der Waals surface area contributed by atoms with E-state index in [1.165, 1.54) is 4.80 Å². The van der Waals surface area contributed by atoms with E-state index in [4.69, 9.17) is 5.73 Å². The zero-order chi connectivity index (χ0) is 13.9. The molecule has 2 heterocycles. The number of tetrazole rings is 1. The molecular weight excluding hydrogens is 274 g/mol. The summed E-state index contributed by atoms with van der Waals surface area (Å²) in [6.45, 7) is 0.497. The second-order valence-electron chi connectivity index (χ2n) is 4.18. The lowest BCUT2D eigenvalue weighted by atomic mass is 10.1. The zero-order valence-electron chi connectivity index (χ0n) is 10.4. The van der Waals surface area contributed by atoms with Crippen LogP contribution in [0.3, 0.4) is 0 Å². The van der Waals surface area contributed by atoms with Crippen LogP contribution in [0.4, 0.5) is 0 Å². The third kappa shape index (κ3) is 2.57. The lowest BCUT2D eigenvalue weighted by Gasteiger charge is -2.00. The molecule has 0 spiro atoms. The Bertz CT molecular complexity index is 718. The number of hydrogen-bond donors (Lipinski definition) is 1. The van der Waals surface area contributed by atoms with Crippen molar-refractivity contribution < 1.29 is 4.79 Å². The normalized spacial score (nSPS) is 10.6. The third-order valence-electron chi connectivity index (χ3n) is 2.76. The number of rotatable bonds is 4. The summed E-state index contributed by atoms with van der Waals surface area (Å²) in [5, 5.41) is 14.3. The predicted octanol–water partition coefficient (Wildman–Crippen LogP) is 1.55. The number of nitrogens with two attached hydrogens (primary N) is 1. The molecule has 2 aromatic heterocycles. The average molecular weight is 285 g/mol. The lowest BCUT2D eigenvalue weighted by molar-refractivity contribution is 0.100. The van der Waals surface area contributed by atoms with Crippen LogP contribution in [0.25, 0.3) is 10.7 Å². The van der Waals surface area contributed by atoms with Gasteiger partial charge in [-0.05, 0) is 34.4 Å². The van der Waals surface area contributed by atoms with Crippen molar-refractivity contribution in [2.24, 2.45) is 5.73 Å². The monoisotopic (exact) mass is 285 g/mol. The molecule has 0 atom stereocenters. The summed E-state index contributed by atoms with van der Waals surface area (Å²) in [5.74, 6) is 0.184. The van der Waals surface area contributed by atoms with E-state index < -0.39 is 5.91 Å². The molecule has 20 heavy (non-hydrogen) atoms. The van der Waals surface area contributed by atoms with Gasteiger partial charge in [-0.25, -0.2) is 0 Å². The quantitative estimate of drug-likeness (QED) is 0.788. The third-order valence-corrected chi connectivity index (χ3v) is 3.62. The van der Waals surface area contributed by atoms with E-state index in [-0.39, 0.29) is 0 Å². The number of thiophene rings is 1. The van der Waals surface area contributed by atoms with Crippen LogP contribution >= 0.6 is 11.3 Å². The number of amides is 1. The number of carbonyl (C=O) groups excluding carboxylic acids is 1. The van der Waals surface area contributed by atoms with Crippen molar-refractivity contribution in [3.8, 4) is 10.7 Å². The van der Waals surface area contributed by atoms with E-state index in [0.29, 0.717) is 17.9 Å². The van der Waals surface area contributed by atoms with Crippen molar-refractivity contribution in [1.29, 1.82) is 0 Å². The molecule has 2 N–H and O–H groups in total. The van der Waals surface area contributed by atoms with Gasteiger partial charge in [0.15, 0.2) is 0 Å². The van der Waals surface area contributed by atoms with Crippen molar-refractivity contribution in [2.75, 3.05) is 0 Å². The molecule has 0 aliphatic rings. The van der Waals surface area contributed by atoms with Crippen LogP contribution in [0.2, 0.25) is 0 Å². The molecule has 3 aromatic rings. The molecule has 3 rings (SSSR count). The fourth-order valence-electron chi connectivity index (χ4n) is 1.75. The van der Waals surface area contributed by atoms with Crippen LogP contribution in [0, 0.1) is 0 Å². The van der Waals surface area contributed by atoms with Gasteiger partial charge in [-0.15, -0.1) is 21.5 Å². The van der Waals surface area contributed by atoms with Crippen molar-refractivity contribution in [1.82, 2.24) is 20.2 Å². The fourth-order valence-corrected chi connectivity index (χ4v) is 2.40. The summed E-state index contributed by atoms with van der Waals surface area (Å²) in [5.41, 5.74) is 6.66. The Morgan fingerprint density at radius 3 is 2.70 bits per heavy atom. The van der Waals surface area contributed by atoms with Gasteiger partial charge in [-0.1, -0.05) is 18.2 Å². The maximum atomic E-state index is 11.0. The van der Waals surface area contributed by atoms with E-state index in [1.807, 2.05) is 29.6 Å². The van der Waals surface area contributed by atoms with Crippen molar-refractivity contribution in [3.63, 3.8) is 0 Å². The molecule has 0 bridgehead atoms. The van der Waals surface area contributed by atoms with E-state index >= 15 is 0 Å². The summed E-state index contributed by atoms with van der Waals surface area (Å²) in [7, 11) is 0. The minimum absolute atomic E-state index is 0.435. The van der Waals surface area contributed by atoms with E-state index in [0.717, 1.165) is 10.4 Å². The first-order valence-electron chi connectivity index (χ1n) is 5.93. The van der Waals surface area contributed by atoms with E-state index in [1.54, 1.807) is 23.5 Å². The molecule has 0 unspecified atom stereocenters.